The zero-order chi connectivity index (χ0) is 15.9. The predicted molar refractivity (Wildman–Crippen MR) is 73.6 cm³/mol. The maximum atomic E-state index is 12.7. The molecule has 3 rings (SSSR count). The monoisotopic (exact) mass is 326 g/mol. The molecule has 0 radical (unpaired) electrons. The quantitative estimate of drug-likeness (QED) is 0.575. The summed E-state index contributed by atoms with van der Waals surface area (Å²) in [6.45, 7) is 1.87. The molecule has 0 saturated heterocycles. The van der Waals surface area contributed by atoms with E-state index in [9.17, 15) is 13.2 Å². The molecule has 0 atom stereocenters. The van der Waals surface area contributed by atoms with E-state index in [-0.39, 0.29) is 5.16 Å². The number of aromatic nitrogens is 5. The molecule has 10 heteroatoms. The molecular formula is C12H9F3N6S. The Labute approximate surface area is 126 Å². The van der Waals surface area contributed by atoms with Crippen LogP contribution >= 0.6 is 11.8 Å². The topological polar surface area (TPSA) is 82.5 Å². The van der Waals surface area contributed by atoms with E-state index in [1.807, 2.05) is 19.1 Å². The Bertz CT molecular complexity index is 839. The predicted octanol–water partition coefficient (Wildman–Crippen LogP) is 2.41. The molecule has 0 unspecified atom stereocenters. The fourth-order valence-electron chi connectivity index (χ4n) is 1.95. The van der Waals surface area contributed by atoms with Gasteiger partial charge in [0, 0.05) is 5.39 Å². The first-order valence-corrected chi connectivity index (χ1v) is 6.85. The average Bonchev–Trinajstić information content (AvgIpc) is 2.80. The fraction of sp³-hybridized carbons (Fsp3) is 0.167. The van der Waals surface area contributed by atoms with Crippen molar-refractivity contribution in [3.05, 3.63) is 35.9 Å². The zero-order valence-electron chi connectivity index (χ0n) is 11.2. The van der Waals surface area contributed by atoms with Crippen LogP contribution < -0.4 is 5.84 Å². The molecule has 0 aliphatic carbocycles. The van der Waals surface area contributed by atoms with Gasteiger partial charge in [0.15, 0.2) is 0 Å². The van der Waals surface area contributed by atoms with Crippen molar-refractivity contribution in [2.75, 3.05) is 5.84 Å². The molecule has 114 valence electrons. The number of nitrogens with two attached hydrogens (primary N) is 1. The Morgan fingerprint density at radius 2 is 1.95 bits per heavy atom. The lowest BCUT2D eigenvalue weighted by Crippen LogP contribution is -2.21. The van der Waals surface area contributed by atoms with Gasteiger partial charge < -0.3 is 5.84 Å². The molecule has 0 amide bonds. The number of alkyl halides is 3. The molecule has 0 saturated carbocycles. The van der Waals surface area contributed by atoms with Gasteiger partial charge in [-0.2, -0.15) is 13.2 Å². The van der Waals surface area contributed by atoms with Crippen molar-refractivity contribution in [1.82, 2.24) is 24.8 Å². The van der Waals surface area contributed by atoms with Gasteiger partial charge in [0.1, 0.15) is 11.4 Å². The number of nitrogens with zero attached hydrogens (tertiary/aromatic N) is 5. The smallest absolute Gasteiger partial charge is 0.335 e. The fourth-order valence-corrected chi connectivity index (χ4v) is 2.86. The summed E-state index contributed by atoms with van der Waals surface area (Å²) in [6.07, 6.45) is -3.32. The lowest BCUT2D eigenvalue weighted by Gasteiger charge is -2.08. The van der Waals surface area contributed by atoms with Crippen LogP contribution in [0, 0.1) is 6.92 Å². The van der Waals surface area contributed by atoms with Crippen LogP contribution in [-0.2, 0) is 6.18 Å². The molecule has 0 aliphatic heterocycles. The second kappa shape index (κ2) is 5.13. The van der Waals surface area contributed by atoms with E-state index in [1.165, 1.54) is 6.33 Å². The van der Waals surface area contributed by atoms with Crippen molar-refractivity contribution in [3.8, 4) is 0 Å². The number of hydrogen-bond donors (Lipinski definition) is 1. The van der Waals surface area contributed by atoms with E-state index in [4.69, 9.17) is 5.84 Å². The molecule has 0 bridgehead atoms. The van der Waals surface area contributed by atoms with Crippen LogP contribution in [0.5, 0.6) is 0 Å². The first-order chi connectivity index (χ1) is 10.4. The van der Waals surface area contributed by atoms with Gasteiger partial charge in [-0.1, -0.05) is 12.1 Å². The van der Waals surface area contributed by atoms with Crippen molar-refractivity contribution in [3.63, 3.8) is 0 Å². The molecule has 22 heavy (non-hydrogen) atoms. The summed E-state index contributed by atoms with van der Waals surface area (Å²) in [5.41, 5.74) is 1.59. The average molecular weight is 326 g/mol. The standard InChI is InChI=1S/C12H9F3N6S/c1-6-3-2-4-7-8(6)9(18-5-17-7)22-11-20-19-10(21(11)16)12(13,14)15/h2-5H,16H2,1H3. The summed E-state index contributed by atoms with van der Waals surface area (Å²) in [7, 11) is 0. The first kappa shape index (κ1) is 14.6. The Morgan fingerprint density at radius 3 is 2.64 bits per heavy atom. The van der Waals surface area contributed by atoms with Crippen LogP contribution in [0.2, 0.25) is 0 Å². The van der Waals surface area contributed by atoms with Gasteiger partial charge >= 0.3 is 6.18 Å². The third kappa shape index (κ3) is 2.45. The lowest BCUT2D eigenvalue weighted by atomic mass is 10.1. The van der Waals surface area contributed by atoms with E-state index >= 15 is 0 Å². The summed E-state index contributed by atoms with van der Waals surface area (Å²) in [5.74, 6) is 4.17. The van der Waals surface area contributed by atoms with Crippen LogP contribution in [0.1, 0.15) is 11.4 Å². The van der Waals surface area contributed by atoms with Crippen LogP contribution in [-0.4, -0.2) is 24.8 Å². The number of benzene rings is 1. The van der Waals surface area contributed by atoms with Crippen molar-refractivity contribution in [1.29, 1.82) is 0 Å². The minimum absolute atomic E-state index is 0.101. The number of nitrogen functional groups attached to an aromatic ring is 1. The van der Waals surface area contributed by atoms with Gasteiger partial charge in [-0.15, -0.1) is 10.2 Å². The molecule has 0 spiro atoms. The van der Waals surface area contributed by atoms with Crippen LogP contribution in [0.3, 0.4) is 0 Å². The zero-order valence-corrected chi connectivity index (χ0v) is 12.0. The summed E-state index contributed by atoms with van der Waals surface area (Å²) in [5, 5.41) is 7.68. The Morgan fingerprint density at radius 1 is 1.18 bits per heavy atom. The van der Waals surface area contributed by atoms with E-state index in [1.54, 1.807) is 6.07 Å². The summed E-state index contributed by atoms with van der Waals surface area (Å²) in [6, 6.07) is 5.50. The highest BCUT2D eigenvalue weighted by molar-refractivity contribution is 7.99. The van der Waals surface area contributed by atoms with Crippen molar-refractivity contribution in [2.45, 2.75) is 23.3 Å². The molecule has 6 nitrogen and oxygen atoms in total. The largest absolute Gasteiger partial charge is 0.453 e. The van der Waals surface area contributed by atoms with E-state index in [0.717, 1.165) is 22.7 Å². The van der Waals surface area contributed by atoms with Gasteiger partial charge in [0.2, 0.25) is 5.16 Å². The van der Waals surface area contributed by atoms with Gasteiger partial charge in [-0.3, -0.25) is 0 Å². The summed E-state index contributed by atoms with van der Waals surface area (Å²) < 4.78 is 38.5. The van der Waals surface area contributed by atoms with E-state index in [0.29, 0.717) is 15.2 Å². The highest BCUT2D eigenvalue weighted by Gasteiger charge is 2.38. The van der Waals surface area contributed by atoms with Crippen LogP contribution in [0.15, 0.2) is 34.7 Å². The normalized spacial score (nSPS) is 12.0. The molecule has 0 fully saturated rings. The van der Waals surface area contributed by atoms with Crippen molar-refractivity contribution >= 4 is 22.7 Å². The molecule has 2 N–H and O–H groups in total. The molecular weight excluding hydrogens is 317 g/mol. The second-order valence-electron chi connectivity index (χ2n) is 4.42. The van der Waals surface area contributed by atoms with Gasteiger partial charge in [0.05, 0.1) is 5.52 Å². The van der Waals surface area contributed by atoms with Crippen LogP contribution in [0.4, 0.5) is 13.2 Å². The third-order valence-corrected chi connectivity index (χ3v) is 3.91. The molecule has 2 heterocycles. The highest BCUT2D eigenvalue weighted by atomic mass is 32.2. The maximum absolute atomic E-state index is 12.7. The number of halogens is 3. The van der Waals surface area contributed by atoms with Gasteiger partial charge in [-0.05, 0) is 30.3 Å². The second-order valence-corrected chi connectivity index (χ2v) is 5.38. The molecule has 0 aliphatic rings. The summed E-state index contributed by atoms with van der Waals surface area (Å²) >= 11 is 0.908. The maximum Gasteiger partial charge on any atom is 0.453 e. The molecule has 1 aromatic carbocycles. The van der Waals surface area contributed by atoms with Crippen molar-refractivity contribution < 1.29 is 13.2 Å². The van der Waals surface area contributed by atoms with E-state index < -0.39 is 12.0 Å². The minimum Gasteiger partial charge on any atom is -0.335 e. The number of fused-ring (bicyclic) bond motifs is 1. The van der Waals surface area contributed by atoms with Gasteiger partial charge in [-0.25, -0.2) is 14.6 Å². The van der Waals surface area contributed by atoms with Crippen LogP contribution in [0.25, 0.3) is 10.9 Å². The Kier molecular flexibility index (Phi) is 3.39. The summed E-state index contributed by atoms with van der Waals surface area (Å²) in [4.78, 5) is 8.24. The Hall–Kier alpha value is -2.36. The molecule has 2 aromatic heterocycles. The Balaban J connectivity index is 2.07. The lowest BCUT2D eigenvalue weighted by molar-refractivity contribution is -0.146. The third-order valence-electron chi connectivity index (χ3n) is 2.94. The van der Waals surface area contributed by atoms with E-state index in [2.05, 4.69) is 20.2 Å². The first-order valence-electron chi connectivity index (χ1n) is 6.04. The highest BCUT2D eigenvalue weighted by Crippen LogP contribution is 2.34. The minimum atomic E-state index is -4.66. The number of rotatable bonds is 2. The van der Waals surface area contributed by atoms with Gasteiger partial charge in [0.25, 0.3) is 5.82 Å². The number of hydrogen-bond acceptors (Lipinski definition) is 6. The SMILES string of the molecule is Cc1cccc2ncnc(Sc3nnc(C(F)(F)F)n3N)c12. The number of aryl methyl sites for hydroxylation is 1. The van der Waals surface area contributed by atoms with Crippen molar-refractivity contribution in [2.24, 2.45) is 0 Å². The molecule has 3 aromatic rings.